The molecule has 1 aliphatic rings. The van der Waals surface area contributed by atoms with E-state index < -0.39 is 22.8 Å². The Hall–Kier alpha value is -3.55. The van der Waals surface area contributed by atoms with Crippen molar-refractivity contribution in [2.24, 2.45) is 0 Å². The maximum absolute atomic E-state index is 15.3. The normalized spacial score (nSPS) is 14.3. The van der Waals surface area contributed by atoms with E-state index in [4.69, 9.17) is 11.6 Å². The Morgan fingerprint density at radius 2 is 1.75 bits per heavy atom. The highest BCUT2D eigenvalue weighted by Gasteiger charge is 2.46. The predicted molar refractivity (Wildman–Crippen MR) is 138 cm³/mol. The fourth-order valence-electron chi connectivity index (χ4n) is 4.46. The smallest absolute Gasteiger partial charge is 0.170 e. The number of aromatic nitrogens is 1. The number of benzene rings is 3. The summed E-state index contributed by atoms with van der Waals surface area (Å²) in [5.41, 5.74) is 3.30. The number of aromatic hydroxyl groups is 1. The summed E-state index contributed by atoms with van der Waals surface area (Å²) < 4.78 is 29.5. The maximum atomic E-state index is 15.3. The zero-order valence-corrected chi connectivity index (χ0v) is 20.5. The van der Waals surface area contributed by atoms with Crippen molar-refractivity contribution in [2.45, 2.75) is 24.8 Å². The molecule has 0 bridgehead atoms. The van der Waals surface area contributed by atoms with Crippen LogP contribution in [0.25, 0.3) is 22.0 Å². The van der Waals surface area contributed by atoms with E-state index in [0.717, 1.165) is 30.1 Å². The van der Waals surface area contributed by atoms with Crippen molar-refractivity contribution < 1.29 is 18.7 Å². The molecule has 0 radical (unpaired) electrons. The average molecular weight is 508 g/mol. The van der Waals surface area contributed by atoms with Gasteiger partial charge in [0.1, 0.15) is 17.6 Å². The standard InChI is InChI=1S/C28H24ClF2N3O2/c1-34(2)14-16-3-5-19(6-4-16)33-25-20-9-17(18-10-22(29)27(36)24(31)12-18)11-23(30)26(20)32-13-21(25)28(15-35)7-8-28/h3-6,9-13,15,36H,7-8,14H2,1-2H3,(H,32,33). The number of aldehydes is 1. The van der Waals surface area contributed by atoms with E-state index in [9.17, 15) is 14.3 Å². The molecule has 4 aromatic rings. The lowest BCUT2D eigenvalue weighted by molar-refractivity contribution is -0.109. The number of carbonyl (C=O) groups is 1. The molecule has 1 fully saturated rings. The molecule has 2 N–H and O–H groups in total. The first-order chi connectivity index (χ1) is 17.2. The number of nitrogens with zero attached hydrogens (tertiary/aromatic N) is 2. The number of halogens is 3. The van der Waals surface area contributed by atoms with Crippen LogP contribution >= 0.6 is 11.6 Å². The second-order valence-electron chi connectivity index (χ2n) is 9.52. The molecule has 5 rings (SSSR count). The average Bonchev–Trinajstić information content (AvgIpc) is 3.64. The Balaban J connectivity index is 1.68. The van der Waals surface area contributed by atoms with Gasteiger partial charge in [0, 0.05) is 29.4 Å². The van der Waals surface area contributed by atoms with E-state index in [0.29, 0.717) is 40.6 Å². The molecule has 1 aliphatic carbocycles. The van der Waals surface area contributed by atoms with Crippen LogP contribution in [0.3, 0.4) is 0 Å². The molecular weight excluding hydrogens is 484 g/mol. The maximum Gasteiger partial charge on any atom is 0.170 e. The lowest BCUT2D eigenvalue weighted by Gasteiger charge is -2.19. The minimum Gasteiger partial charge on any atom is -0.504 e. The molecule has 0 saturated heterocycles. The molecule has 0 unspecified atom stereocenters. The number of nitrogens with one attached hydrogen (secondary N) is 1. The fourth-order valence-corrected chi connectivity index (χ4v) is 4.67. The van der Waals surface area contributed by atoms with E-state index in [1.165, 1.54) is 12.1 Å². The topological polar surface area (TPSA) is 65.5 Å². The molecule has 1 heterocycles. The zero-order valence-electron chi connectivity index (χ0n) is 19.8. The molecular formula is C28H24ClF2N3O2. The van der Waals surface area contributed by atoms with Crippen LogP contribution in [0.15, 0.2) is 54.7 Å². The molecule has 36 heavy (non-hydrogen) atoms. The number of rotatable bonds is 7. The Morgan fingerprint density at radius 1 is 1.08 bits per heavy atom. The highest BCUT2D eigenvalue weighted by molar-refractivity contribution is 6.32. The Labute approximate surface area is 212 Å². The molecule has 8 heteroatoms. The number of hydrogen-bond acceptors (Lipinski definition) is 5. The molecule has 3 aromatic carbocycles. The number of fused-ring (bicyclic) bond motifs is 1. The van der Waals surface area contributed by atoms with Gasteiger partial charge < -0.3 is 20.1 Å². The Bertz CT molecular complexity index is 1460. The number of hydrogen-bond donors (Lipinski definition) is 2. The van der Waals surface area contributed by atoms with Gasteiger partial charge in [-0.05, 0) is 80.0 Å². The van der Waals surface area contributed by atoms with Gasteiger partial charge in [-0.2, -0.15) is 0 Å². The number of anilines is 2. The summed E-state index contributed by atoms with van der Waals surface area (Å²) in [6.07, 6.45) is 3.85. The second-order valence-corrected chi connectivity index (χ2v) is 9.93. The van der Waals surface area contributed by atoms with Crippen LogP contribution in [0, 0.1) is 11.6 Å². The number of phenols is 1. The monoisotopic (exact) mass is 507 g/mol. The van der Waals surface area contributed by atoms with E-state index in [-0.39, 0.29) is 10.5 Å². The summed E-state index contributed by atoms with van der Waals surface area (Å²) in [6, 6.07) is 13.3. The summed E-state index contributed by atoms with van der Waals surface area (Å²) in [5.74, 6) is -2.16. The minimum absolute atomic E-state index is 0.126. The van der Waals surface area contributed by atoms with E-state index in [1.807, 2.05) is 38.4 Å². The van der Waals surface area contributed by atoms with Crippen molar-refractivity contribution in [3.05, 3.63) is 82.5 Å². The van der Waals surface area contributed by atoms with E-state index in [1.54, 1.807) is 12.3 Å². The third-order valence-electron chi connectivity index (χ3n) is 6.55. The highest BCUT2D eigenvalue weighted by atomic mass is 35.5. The van der Waals surface area contributed by atoms with Gasteiger partial charge in [-0.3, -0.25) is 4.98 Å². The lowest BCUT2D eigenvalue weighted by atomic mass is 9.93. The first kappa shape index (κ1) is 24.2. The van der Waals surface area contributed by atoms with Gasteiger partial charge >= 0.3 is 0 Å². The van der Waals surface area contributed by atoms with Crippen molar-refractivity contribution >= 4 is 40.2 Å². The lowest BCUT2D eigenvalue weighted by Crippen LogP contribution is -2.12. The molecule has 1 saturated carbocycles. The van der Waals surface area contributed by atoms with Gasteiger partial charge in [-0.15, -0.1) is 0 Å². The number of phenolic OH excluding ortho intramolecular Hbond substituents is 1. The molecule has 0 amide bonds. The molecule has 1 aromatic heterocycles. The third kappa shape index (κ3) is 4.40. The number of carbonyl (C=O) groups excluding carboxylic acids is 1. The summed E-state index contributed by atoms with van der Waals surface area (Å²) in [5, 5.41) is 13.4. The number of pyridine rings is 1. The van der Waals surface area contributed by atoms with Crippen LogP contribution in [0.1, 0.15) is 24.0 Å². The zero-order chi connectivity index (χ0) is 25.6. The van der Waals surface area contributed by atoms with E-state index >= 15 is 4.39 Å². The third-order valence-corrected chi connectivity index (χ3v) is 6.84. The van der Waals surface area contributed by atoms with Gasteiger partial charge in [-0.25, -0.2) is 8.78 Å². The second kappa shape index (κ2) is 9.15. The van der Waals surface area contributed by atoms with Crippen LogP contribution in [-0.4, -0.2) is 35.4 Å². The largest absolute Gasteiger partial charge is 0.504 e. The van der Waals surface area contributed by atoms with Crippen molar-refractivity contribution in [1.82, 2.24) is 9.88 Å². The van der Waals surface area contributed by atoms with Crippen LogP contribution in [0.4, 0.5) is 20.2 Å². The van der Waals surface area contributed by atoms with Crippen molar-refractivity contribution in [2.75, 3.05) is 19.4 Å². The van der Waals surface area contributed by atoms with Crippen LogP contribution < -0.4 is 5.32 Å². The van der Waals surface area contributed by atoms with Crippen LogP contribution in [0.2, 0.25) is 5.02 Å². The minimum atomic E-state index is -0.904. The Kier molecular flexibility index (Phi) is 6.14. The fraction of sp³-hybridized carbons (Fsp3) is 0.214. The van der Waals surface area contributed by atoms with Crippen molar-refractivity contribution in [3.8, 4) is 16.9 Å². The van der Waals surface area contributed by atoms with Gasteiger partial charge in [0.05, 0.1) is 16.1 Å². The van der Waals surface area contributed by atoms with Gasteiger partial charge in [-0.1, -0.05) is 23.7 Å². The molecule has 5 nitrogen and oxygen atoms in total. The Morgan fingerprint density at radius 3 is 2.36 bits per heavy atom. The first-order valence-electron chi connectivity index (χ1n) is 11.5. The summed E-state index contributed by atoms with van der Waals surface area (Å²) >= 11 is 5.97. The predicted octanol–water partition coefficient (Wildman–Crippen LogP) is 6.57. The first-order valence-corrected chi connectivity index (χ1v) is 11.9. The van der Waals surface area contributed by atoms with Gasteiger partial charge in [0.15, 0.2) is 11.6 Å². The van der Waals surface area contributed by atoms with E-state index in [2.05, 4.69) is 15.2 Å². The molecule has 184 valence electrons. The quantitative estimate of drug-likeness (QED) is 0.277. The van der Waals surface area contributed by atoms with Gasteiger partial charge in [0.2, 0.25) is 0 Å². The molecule has 0 atom stereocenters. The summed E-state index contributed by atoms with van der Waals surface area (Å²) in [4.78, 5) is 18.4. The summed E-state index contributed by atoms with van der Waals surface area (Å²) in [7, 11) is 3.99. The SMILES string of the molecule is CN(C)Cc1ccc(Nc2c(C3(C=O)CC3)cnc3c(F)cc(-c4cc(F)c(O)c(Cl)c4)cc23)cc1. The van der Waals surface area contributed by atoms with Gasteiger partial charge in [0.25, 0.3) is 0 Å². The molecule has 0 aliphatic heterocycles. The van der Waals surface area contributed by atoms with Crippen molar-refractivity contribution in [1.29, 1.82) is 0 Å². The van der Waals surface area contributed by atoms with Crippen LogP contribution in [-0.2, 0) is 16.8 Å². The molecule has 0 spiro atoms. The van der Waals surface area contributed by atoms with Crippen LogP contribution in [0.5, 0.6) is 5.75 Å². The van der Waals surface area contributed by atoms with Crippen molar-refractivity contribution in [3.63, 3.8) is 0 Å². The highest BCUT2D eigenvalue weighted by Crippen LogP contribution is 2.51. The summed E-state index contributed by atoms with van der Waals surface area (Å²) in [6.45, 7) is 0.790.